The van der Waals surface area contributed by atoms with E-state index in [4.69, 9.17) is 22.2 Å². The Morgan fingerprint density at radius 3 is 2.59 bits per heavy atom. The van der Waals surface area contributed by atoms with E-state index < -0.39 is 28.9 Å². The molecular weight excluding hydrogens is 507 g/mol. The fourth-order valence-electron chi connectivity index (χ4n) is 5.17. The van der Waals surface area contributed by atoms with Gasteiger partial charge in [-0.05, 0) is 74.8 Å². The molecule has 2 saturated heterocycles. The largest absolute Gasteiger partial charge is 0.490 e. The van der Waals surface area contributed by atoms with E-state index in [0.717, 1.165) is 36.5 Å². The van der Waals surface area contributed by atoms with Gasteiger partial charge in [0.05, 0.1) is 24.1 Å². The summed E-state index contributed by atoms with van der Waals surface area (Å²) in [5, 5.41) is 21.7. The second kappa shape index (κ2) is 9.55. The van der Waals surface area contributed by atoms with Crippen LogP contribution in [-0.2, 0) is 11.0 Å². The number of nitrogens with zero attached hydrogens (tertiary/aromatic N) is 4. The first kappa shape index (κ1) is 25.4. The van der Waals surface area contributed by atoms with Crippen molar-refractivity contribution in [3.05, 3.63) is 47.8 Å². The molecule has 0 bridgehead atoms. The van der Waals surface area contributed by atoms with Crippen molar-refractivity contribution in [1.82, 2.24) is 10.3 Å². The zero-order valence-corrected chi connectivity index (χ0v) is 20.5. The number of benzene rings is 1. The third kappa shape index (κ3) is 4.41. The number of hydrogen-bond donors (Lipinski definition) is 2. The van der Waals surface area contributed by atoms with Gasteiger partial charge in [0, 0.05) is 18.2 Å². The Morgan fingerprint density at radius 2 is 2.00 bits per heavy atom. The average Bonchev–Trinajstić information content (AvgIpc) is 3.10. The minimum Gasteiger partial charge on any atom is -0.490 e. The number of ether oxygens (including phenoxy) is 1. The highest BCUT2D eigenvalue weighted by Crippen LogP contribution is 2.48. The minimum absolute atomic E-state index is 0.00922. The lowest BCUT2D eigenvalue weighted by Crippen LogP contribution is -2.55. The van der Waals surface area contributed by atoms with Crippen molar-refractivity contribution in [2.75, 3.05) is 23.0 Å². The molecule has 3 aliphatic rings. The Morgan fingerprint density at radius 1 is 1.27 bits per heavy atom. The average molecular weight is 532 g/mol. The van der Waals surface area contributed by atoms with Crippen LogP contribution in [0.3, 0.4) is 0 Å². The van der Waals surface area contributed by atoms with Crippen molar-refractivity contribution < 1.29 is 27.8 Å². The van der Waals surface area contributed by atoms with Crippen molar-refractivity contribution >= 4 is 34.6 Å². The van der Waals surface area contributed by atoms with Crippen molar-refractivity contribution in [3.8, 4) is 11.8 Å². The van der Waals surface area contributed by atoms with E-state index in [2.05, 4.69) is 10.3 Å². The summed E-state index contributed by atoms with van der Waals surface area (Å²) in [4.78, 5) is 20.0. The number of rotatable bonds is 5. The van der Waals surface area contributed by atoms with Crippen LogP contribution in [0.1, 0.15) is 43.4 Å². The molecule has 3 heterocycles. The number of amides is 1. The molecule has 1 amide bonds. The van der Waals surface area contributed by atoms with Gasteiger partial charge in [-0.15, -0.1) is 0 Å². The summed E-state index contributed by atoms with van der Waals surface area (Å²) in [5.41, 5.74) is -2.45. The molecule has 2 atom stereocenters. The molecule has 2 aliphatic heterocycles. The van der Waals surface area contributed by atoms with Crippen LogP contribution in [0.5, 0.6) is 5.75 Å². The minimum atomic E-state index is -4.81. The first-order valence-corrected chi connectivity index (χ1v) is 12.4. The van der Waals surface area contributed by atoms with Crippen LogP contribution < -0.4 is 19.9 Å². The molecule has 1 saturated carbocycles. The highest BCUT2D eigenvalue weighted by Gasteiger charge is 2.59. The van der Waals surface area contributed by atoms with Crippen LogP contribution in [0.15, 0.2) is 36.5 Å². The molecule has 194 valence electrons. The number of alkyl halides is 3. The Bertz CT molecular complexity index is 1260. The molecule has 37 heavy (non-hydrogen) atoms. The quantitative estimate of drug-likeness (QED) is 0.566. The molecule has 2 aromatic rings. The van der Waals surface area contributed by atoms with Gasteiger partial charge in [0.25, 0.3) is 5.91 Å². The lowest BCUT2D eigenvalue weighted by molar-refractivity contribution is -0.138. The molecule has 12 heteroatoms. The second-order valence-electron chi connectivity index (χ2n) is 9.43. The van der Waals surface area contributed by atoms with Gasteiger partial charge in [-0.1, -0.05) is 0 Å². The third-order valence-corrected chi connectivity index (χ3v) is 7.57. The monoisotopic (exact) mass is 531 g/mol. The van der Waals surface area contributed by atoms with E-state index in [-0.39, 0.29) is 29.6 Å². The Labute approximate surface area is 216 Å². The van der Waals surface area contributed by atoms with Gasteiger partial charge in [0.2, 0.25) is 0 Å². The molecule has 2 N–H and O–H groups in total. The van der Waals surface area contributed by atoms with Gasteiger partial charge < -0.3 is 20.1 Å². The van der Waals surface area contributed by atoms with Crippen LogP contribution in [-0.4, -0.2) is 51.9 Å². The van der Waals surface area contributed by atoms with E-state index in [9.17, 15) is 23.1 Å². The topological polar surface area (TPSA) is 102 Å². The first-order valence-electron chi connectivity index (χ1n) is 11.9. The van der Waals surface area contributed by atoms with E-state index in [1.165, 1.54) is 6.07 Å². The number of nitrogens with one attached hydrogen (secondary N) is 1. The summed E-state index contributed by atoms with van der Waals surface area (Å²) in [6.07, 6.45) is -0.501. The number of thiocarbonyl (C=S) groups is 1. The normalized spacial score (nSPS) is 23.2. The number of aliphatic hydroxyl groups is 1. The summed E-state index contributed by atoms with van der Waals surface area (Å²) < 4.78 is 46.7. The van der Waals surface area contributed by atoms with E-state index >= 15 is 0 Å². The Hall–Kier alpha value is -3.27. The number of carbonyl (C=O) groups excluding carboxylic acids is 1. The molecular formula is C25H24F3N5O3S. The summed E-state index contributed by atoms with van der Waals surface area (Å²) in [7, 11) is 0. The van der Waals surface area contributed by atoms with E-state index in [0.29, 0.717) is 30.7 Å². The molecule has 0 radical (unpaired) electrons. The lowest BCUT2D eigenvalue weighted by atomic mass is 9.75. The van der Waals surface area contributed by atoms with Crippen LogP contribution in [0.25, 0.3) is 0 Å². The number of piperidine rings is 1. The molecule has 2 unspecified atom stereocenters. The SMILES string of the molecule is N#Cc1ncc(N2C(=O)C3(CCC3)N(c3ccc(OC4CCNC(CO)C4)cc3)C2=S)cc1C(F)(F)F. The summed E-state index contributed by atoms with van der Waals surface area (Å²) in [5.74, 6) is 0.225. The van der Waals surface area contributed by atoms with Crippen LogP contribution in [0.4, 0.5) is 24.5 Å². The summed E-state index contributed by atoms with van der Waals surface area (Å²) >= 11 is 5.64. The van der Waals surface area contributed by atoms with Gasteiger partial charge >= 0.3 is 6.18 Å². The zero-order chi connectivity index (χ0) is 26.4. The van der Waals surface area contributed by atoms with Crippen LogP contribution in [0, 0.1) is 11.3 Å². The molecule has 8 nitrogen and oxygen atoms in total. The smallest absolute Gasteiger partial charge is 0.419 e. The van der Waals surface area contributed by atoms with E-state index in [1.54, 1.807) is 29.2 Å². The van der Waals surface area contributed by atoms with Crippen molar-refractivity contribution in [2.24, 2.45) is 0 Å². The highest BCUT2D eigenvalue weighted by molar-refractivity contribution is 7.81. The fraction of sp³-hybridized carbons (Fsp3) is 0.440. The van der Waals surface area contributed by atoms with Gasteiger partial charge in [0.1, 0.15) is 23.5 Å². The summed E-state index contributed by atoms with van der Waals surface area (Å²) in [6.45, 7) is 0.786. The lowest BCUT2D eigenvalue weighted by Gasteiger charge is -2.43. The molecule has 5 rings (SSSR count). The number of hydrogen-bond acceptors (Lipinski definition) is 7. The molecule has 1 aromatic heterocycles. The van der Waals surface area contributed by atoms with E-state index in [1.807, 2.05) is 0 Å². The number of aliphatic hydroxyl groups excluding tert-OH is 1. The number of carbonyl (C=O) groups is 1. The molecule has 1 spiro atoms. The van der Waals surface area contributed by atoms with Gasteiger partial charge in [-0.25, -0.2) is 4.98 Å². The number of anilines is 2. The first-order chi connectivity index (χ1) is 17.7. The number of aromatic nitrogens is 1. The van der Waals surface area contributed by atoms with Crippen molar-refractivity contribution in [3.63, 3.8) is 0 Å². The standard InChI is InChI=1S/C25H24F3N5O3S/c26-25(27,28)20-11-17(13-31-21(20)12-29)32-22(35)24(7-1-8-24)33(23(32)37)16-2-4-18(5-3-16)36-19-6-9-30-15(10-19)14-34/h2-5,11,13,15,19,30,34H,1,6-10,14H2. The maximum absolute atomic E-state index is 13.6. The molecule has 1 aliphatic carbocycles. The highest BCUT2D eigenvalue weighted by atomic mass is 32.1. The maximum Gasteiger partial charge on any atom is 0.419 e. The predicted octanol–water partition coefficient (Wildman–Crippen LogP) is 3.52. The van der Waals surface area contributed by atoms with Crippen molar-refractivity contribution in [2.45, 2.75) is 56.0 Å². The Kier molecular flexibility index (Phi) is 6.55. The maximum atomic E-state index is 13.6. The number of nitriles is 1. The molecule has 1 aromatic carbocycles. The predicted molar refractivity (Wildman–Crippen MR) is 132 cm³/mol. The third-order valence-electron chi connectivity index (χ3n) is 7.20. The van der Waals surface area contributed by atoms with Gasteiger partial charge in [-0.2, -0.15) is 18.4 Å². The Balaban J connectivity index is 1.42. The second-order valence-corrected chi connectivity index (χ2v) is 9.80. The van der Waals surface area contributed by atoms with Crippen LogP contribution in [0.2, 0.25) is 0 Å². The fourth-order valence-corrected chi connectivity index (χ4v) is 5.64. The zero-order valence-electron chi connectivity index (χ0n) is 19.7. The van der Waals surface area contributed by atoms with Gasteiger partial charge in [-0.3, -0.25) is 9.69 Å². The summed E-state index contributed by atoms with van der Waals surface area (Å²) in [6, 6.07) is 9.30. The number of halogens is 3. The van der Waals surface area contributed by atoms with Gasteiger partial charge in [0.15, 0.2) is 10.8 Å². The molecule has 3 fully saturated rings. The number of pyridine rings is 1. The van der Waals surface area contributed by atoms with Crippen molar-refractivity contribution in [1.29, 1.82) is 5.26 Å². The van der Waals surface area contributed by atoms with Crippen LogP contribution >= 0.6 is 12.2 Å².